The molecule has 0 N–H and O–H groups in total. The highest BCUT2D eigenvalue weighted by Crippen LogP contribution is 2.33. The summed E-state index contributed by atoms with van der Waals surface area (Å²) in [6.45, 7) is 13.2. The van der Waals surface area contributed by atoms with Gasteiger partial charge in [-0.1, -0.05) is 44.6 Å². The summed E-state index contributed by atoms with van der Waals surface area (Å²) in [5.41, 5.74) is 0.907. The van der Waals surface area contributed by atoms with Crippen LogP contribution in [0.25, 0.3) is 0 Å². The molecule has 114 valence electrons. The van der Waals surface area contributed by atoms with Gasteiger partial charge in [-0.25, -0.2) is 4.79 Å². The third-order valence-electron chi connectivity index (χ3n) is 3.85. The molecular formula is C17H30O2Si. The second-order valence-electron chi connectivity index (χ2n) is 7.00. The molecule has 0 aromatic rings. The molecule has 0 unspecified atom stereocenters. The Labute approximate surface area is 125 Å². The van der Waals surface area contributed by atoms with Crippen LogP contribution < -0.4 is 0 Å². The van der Waals surface area contributed by atoms with Crippen LogP contribution in [-0.4, -0.2) is 20.7 Å². The molecule has 1 aliphatic rings. The van der Waals surface area contributed by atoms with Crippen molar-refractivity contribution in [3.8, 4) is 0 Å². The molecule has 1 aliphatic carbocycles. The lowest BCUT2D eigenvalue weighted by Crippen LogP contribution is -2.25. The van der Waals surface area contributed by atoms with E-state index in [1.807, 2.05) is 6.92 Å². The zero-order chi connectivity index (χ0) is 15.2. The van der Waals surface area contributed by atoms with Gasteiger partial charge in [-0.05, 0) is 37.6 Å². The van der Waals surface area contributed by atoms with Crippen LogP contribution in [0, 0.1) is 11.8 Å². The van der Waals surface area contributed by atoms with Crippen LogP contribution in [0.1, 0.15) is 32.6 Å². The van der Waals surface area contributed by atoms with Crippen LogP contribution in [0.2, 0.25) is 25.7 Å². The third kappa shape index (κ3) is 5.66. The standard InChI is InChI=1S/C17H30O2Si/c1-6-14-10-8-9-11-15(14)12-16(13-20(3,4)5)17(18)19-7-2/h6,12,14-15H,1,7-11,13H2,2-5H3/b16-12+/t14-,15+/m0/s1. The van der Waals surface area contributed by atoms with Crippen LogP contribution in [-0.2, 0) is 9.53 Å². The molecule has 0 saturated heterocycles. The molecule has 0 amide bonds. The molecule has 1 rings (SSSR count). The first kappa shape index (κ1) is 17.2. The lowest BCUT2D eigenvalue weighted by atomic mass is 9.78. The second kappa shape index (κ2) is 7.82. The fourth-order valence-electron chi connectivity index (χ4n) is 2.94. The second-order valence-corrected chi connectivity index (χ2v) is 12.5. The van der Waals surface area contributed by atoms with Gasteiger partial charge >= 0.3 is 5.97 Å². The Morgan fingerprint density at radius 3 is 2.35 bits per heavy atom. The number of hydrogen-bond acceptors (Lipinski definition) is 2. The average Bonchev–Trinajstić information content (AvgIpc) is 2.37. The van der Waals surface area contributed by atoms with Gasteiger partial charge in [-0.2, -0.15) is 0 Å². The minimum absolute atomic E-state index is 0.108. The summed E-state index contributed by atoms with van der Waals surface area (Å²) < 4.78 is 5.25. The number of rotatable bonds is 6. The first-order valence-corrected chi connectivity index (χ1v) is 11.6. The fraction of sp³-hybridized carbons (Fsp3) is 0.706. The predicted molar refractivity (Wildman–Crippen MR) is 88.5 cm³/mol. The molecule has 2 atom stereocenters. The Morgan fingerprint density at radius 2 is 1.85 bits per heavy atom. The van der Waals surface area contributed by atoms with Crippen molar-refractivity contribution in [2.24, 2.45) is 11.8 Å². The predicted octanol–water partition coefficient (Wildman–Crippen LogP) is 4.81. The van der Waals surface area contributed by atoms with Gasteiger partial charge in [0, 0.05) is 13.6 Å². The van der Waals surface area contributed by atoms with Crippen LogP contribution >= 0.6 is 0 Å². The summed E-state index contributed by atoms with van der Waals surface area (Å²) in [5.74, 6) is 0.884. The molecule has 20 heavy (non-hydrogen) atoms. The van der Waals surface area contributed by atoms with Crippen molar-refractivity contribution in [3.63, 3.8) is 0 Å². The summed E-state index contributed by atoms with van der Waals surface area (Å²) in [5, 5.41) is 0. The summed E-state index contributed by atoms with van der Waals surface area (Å²) in [4.78, 5) is 12.2. The maximum absolute atomic E-state index is 12.2. The van der Waals surface area contributed by atoms with E-state index in [2.05, 4.69) is 38.4 Å². The zero-order valence-electron chi connectivity index (χ0n) is 13.6. The molecule has 2 nitrogen and oxygen atoms in total. The number of ether oxygens (including phenoxy) is 1. The third-order valence-corrected chi connectivity index (χ3v) is 5.29. The first-order valence-electron chi connectivity index (χ1n) is 7.87. The molecule has 0 radical (unpaired) electrons. The van der Waals surface area contributed by atoms with E-state index in [0.29, 0.717) is 18.4 Å². The normalized spacial score (nSPS) is 24.3. The Hall–Kier alpha value is -0.833. The van der Waals surface area contributed by atoms with Crippen molar-refractivity contribution >= 4 is 14.0 Å². The van der Waals surface area contributed by atoms with E-state index >= 15 is 0 Å². The molecule has 1 saturated carbocycles. The van der Waals surface area contributed by atoms with Crippen LogP contribution in [0.4, 0.5) is 0 Å². The molecule has 0 spiro atoms. The van der Waals surface area contributed by atoms with Crippen molar-refractivity contribution < 1.29 is 9.53 Å². The minimum atomic E-state index is -1.32. The van der Waals surface area contributed by atoms with Gasteiger partial charge in [-0.15, -0.1) is 6.58 Å². The highest BCUT2D eigenvalue weighted by molar-refractivity contribution is 6.77. The van der Waals surface area contributed by atoms with E-state index in [-0.39, 0.29) is 5.97 Å². The molecular weight excluding hydrogens is 264 g/mol. The van der Waals surface area contributed by atoms with Gasteiger partial charge in [0.15, 0.2) is 0 Å². The van der Waals surface area contributed by atoms with Gasteiger partial charge in [-0.3, -0.25) is 0 Å². The first-order chi connectivity index (χ1) is 9.37. The lowest BCUT2D eigenvalue weighted by molar-refractivity contribution is -0.138. The monoisotopic (exact) mass is 294 g/mol. The molecule has 0 aromatic heterocycles. The van der Waals surface area contributed by atoms with Gasteiger partial charge in [0.2, 0.25) is 0 Å². The van der Waals surface area contributed by atoms with Gasteiger partial charge in [0.1, 0.15) is 0 Å². The molecule has 0 aliphatic heterocycles. The topological polar surface area (TPSA) is 26.3 Å². The summed E-state index contributed by atoms with van der Waals surface area (Å²) in [6.07, 6.45) is 9.19. The van der Waals surface area contributed by atoms with Gasteiger partial charge in [0.05, 0.1) is 6.61 Å². The maximum Gasteiger partial charge on any atom is 0.333 e. The number of hydrogen-bond donors (Lipinski definition) is 0. The quantitative estimate of drug-likeness (QED) is 0.304. The van der Waals surface area contributed by atoms with Crippen molar-refractivity contribution in [3.05, 3.63) is 24.3 Å². The van der Waals surface area contributed by atoms with Crippen molar-refractivity contribution in [1.82, 2.24) is 0 Å². The van der Waals surface area contributed by atoms with Gasteiger partial charge in [0.25, 0.3) is 0 Å². The lowest BCUT2D eigenvalue weighted by Gasteiger charge is -2.28. The maximum atomic E-state index is 12.2. The Balaban J connectivity index is 2.91. The summed E-state index contributed by atoms with van der Waals surface area (Å²) in [6, 6.07) is 0.909. The highest BCUT2D eigenvalue weighted by atomic mass is 28.3. The van der Waals surface area contributed by atoms with Crippen molar-refractivity contribution in [2.45, 2.75) is 58.3 Å². The summed E-state index contributed by atoms with van der Waals surface area (Å²) in [7, 11) is -1.32. The summed E-state index contributed by atoms with van der Waals surface area (Å²) >= 11 is 0. The zero-order valence-corrected chi connectivity index (χ0v) is 14.6. The largest absolute Gasteiger partial charge is 0.463 e. The fourth-order valence-corrected chi connectivity index (χ4v) is 4.35. The SMILES string of the molecule is C=C[C@H]1CCCC[C@@H]1/C=C(\C[Si](C)(C)C)C(=O)OCC. The number of esters is 1. The van der Waals surface area contributed by atoms with E-state index in [1.54, 1.807) is 0 Å². The minimum Gasteiger partial charge on any atom is -0.463 e. The average molecular weight is 295 g/mol. The van der Waals surface area contributed by atoms with Crippen molar-refractivity contribution in [1.29, 1.82) is 0 Å². The van der Waals surface area contributed by atoms with Crippen LogP contribution in [0.3, 0.4) is 0 Å². The van der Waals surface area contributed by atoms with Gasteiger partial charge < -0.3 is 4.74 Å². The van der Waals surface area contributed by atoms with E-state index < -0.39 is 8.07 Å². The molecule has 3 heteroatoms. The smallest absolute Gasteiger partial charge is 0.333 e. The van der Waals surface area contributed by atoms with Crippen LogP contribution in [0.15, 0.2) is 24.3 Å². The van der Waals surface area contributed by atoms with E-state index in [4.69, 9.17) is 4.74 Å². The molecule has 0 aromatic carbocycles. The molecule has 0 bridgehead atoms. The number of carbonyl (C=O) groups is 1. The van der Waals surface area contributed by atoms with Crippen molar-refractivity contribution in [2.75, 3.05) is 6.61 Å². The Kier molecular flexibility index (Phi) is 6.73. The van der Waals surface area contributed by atoms with E-state index in [0.717, 1.165) is 11.6 Å². The van der Waals surface area contributed by atoms with Crippen LogP contribution in [0.5, 0.6) is 0 Å². The molecule has 0 heterocycles. The van der Waals surface area contributed by atoms with E-state index in [9.17, 15) is 4.79 Å². The number of allylic oxidation sites excluding steroid dienone is 2. The Bertz CT molecular complexity index is 366. The highest BCUT2D eigenvalue weighted by Gasteiger charge is 2.26. The Morgan fingerprint density at radius 1 is 1.25 bits per heavy atom. The number of carbonyl (C=O) groups excluding carboxylic acids is 1. The molecule has 1 fully saturated rings. The van der Waals surface area contributed by atoms with E-state index in [1.165, 1.54) is 25.7 Å².